The van der Waals surface area contributed by atoms with Gasteiger partial charge < -0.3 is 19.7 Å². The Morgan fingerprint density at radius 3 is 2.59 bits per heavy atom. The van der Waals surface area contributed by atoms with Crippen LogP contribution < -0.4 is 10.3 Å². The summed E-state index contributed by atoms with van der Waals surface area (Å²) in [7, 11) is 1.66. The largest absolute Gasteiger partial charge is 0.497 e. The number of aromatic amines is 3. The highest BCUT2D eigenvalue weighted by molar-refractivity contribution is 6.16. The lowest BCUT2D eigenvalue weighted by molar-refractivity contribution is 0.415. The van der Waals surface area contributed by atoms with Crippen LogP contribution in [0.1, 0.15) is 11.3 Å². The molecule has 5 rings (SSSR count). The molecule has 27 heavy (non-hydrogen) atoms. The maximum atomic E-state index is 12.1. The summed E-state index contributed by atoms with van der Waals surface area (Å²) in [4.78, 5) is 21.5. The zero-order valence-corrected chi connectivity index (χ0v) is 14.7. The van der Waals surface area contributed by atoms with Crippen molar-refractivity contribution in [1.29, 1.82) is 0 Å². The van der Waals surface area contributed by atoms with Crippen LogP contribution in [0, 0.1) is 0 Å². The lowest BCUT2D eigenvalue weighted by atomic mass is 10.1. The molecule has 0 aliphatic heterocycles. The number of nitrogens with one attached hydrogen (secondary N) is 3. The first-order chi connectivity index (χ1) is 13.2. The van der Waals surface area contributed by atoms with Crippen molar-refractivity contribution in [2.24, 2.45) is 0 Å². The van der Waals surface area contributed by atoms with Crippen LogP contribution in [0.3, 0.4) is 0 Å². The highest BCUT2D eigenvalue weighted by Gasteiger charge is 2.11. The van der Waals surface area contributed by atoms with Crippen LogP contribution in [0.2, 0.25) is 0 Å². The summed E-state index contributed by atoms with van der Waals surface area (Å²) >= 11 is 0. The van der Waals surface area contributed by atoms with Gasteiger partial charge in [-0.1, -0.05) is 30.3 Å². The molecule has 0 spiro atoms. The Hall–Kier alpha value is -3.73. The summed E-state index contributed by atoms with van der Waals surface area (Å²) in [5.41, 5.74) is 3.83. The van der Waals surface area contributed by atoms with Gasteiger partial charge in [-0.2, -0.15) is 0 Å². The van der Waals surface area contributed by atoms with Crippen molar-refractivity contribution in [3.63, 3.8) is 0 Å². The quantitative estimate of drug-likeness (QED) is 0.440. The van der Waals surface area contributed by atoms with Gasteiger partial charge >= 0.3 is 0 Å². The van der Waals surface area contributed by atoms with Gasteiger partial charge in [0.1, 0.15) is 5.75 Å². The summed E-state index contributed by atoms with van der Waals surface area (Å²) in [5.74, 6) is 0.840. The Kier molecular flexibility index (Phi) is 3.40. The molecule has 0 aliphatic rings. The number of hydrogen-bond donors (Lipinski definition) is 3. The molecule has 0 saturated heterocycles. The van der Waals surface area contributed by atoms with E-state index in [0.717, 1.165) is 49.6 Å². The number of H-pyrrole nitrogens is 3. The van der Waals surface area contributed by atoms with Crippen molar-refractivity contribution in [1.82, 2.24) is 15.0 Å². The number of rotatable bonds is 3. The molecular weight excluding hydrogens is 338 g/mol. The molecule has 3 aromatic heterocycles. The van der Waals surface area contributed by atoms with Crippen LogP contribution in [0.4, 0.5) is 0 Å². The molecule has 5 heteroatoms. The molecule has 5 aromatic rings. The van der Waals surface area contributed by atoms with Crippen LogP contribution in [-0.2, 0) is 0 Å². The Balaban J connectivity index is 1.61. The van der Waals surface area contributed by atoms with E-state index >= 15 is 0 Å². The van der Waals surface area contributed by atoms with Crippen LogP contribution in [0.25, 0.3) is 44.7 Å². The molecule has 0 atom stereocenters. The van der Waals surface area contributed by atoms with E-state index in [1.807, 2.05) is 54.7 Å². The number of benzene rings is 2. The van der Waals surface area contributed by atoms with Crippen molar-refractivity contribution in [3.8, 4) is 5.75 Å². The van der Waals surface area contributed by atoms with E-state index in [2.05, 4.69) is 21.0 Å². The van der Waals surface area contributed by atoms with Gasteiger partial charge in [-0.15, -0.1) is 0 Å². The van der Waals surface area contributed by atoms with Crippen molar-refractivity contribution < 1.29 is 4.74 Å². The fourth-order valence-corrected chi connectivity index (χ4v) is 3.52. The Morgan fingerprint density at radius 1 is 0.926 bits per heavy atom. The first kappa shape index (κ1) is 15.5. The fraction of sp³-hybridized carbons (Fsp3) is 0.0455. The molecule has 0 bridgehead atoms. The van der Waals surface area contributed by atoms with E-state index in [1.165, 1.54) is 0 Å². The molecule has 0 fully saturated rings. The van der Waals surface area contributed by atoms with Crippen molar-refractivity contribution >= 4 is 44.7 Å². The molecule has 5 nitrogen and oxygen atoms in total. The van der Waals surface area contributed by atoms with E-state index in [9.17, 15) is 4.79 Å². The molecule has 0 aliphatic carbocycles. The number of pyridine rings is 1. The summed E-state index contributed by atoms with van der Waals surface area (Å²) in [6.45, 7) is 0. The van der Waals surface area contributed by atoms with E-state index in [-0.39, 0.29) is 5.56 Å². The van der Waals surface area contributed by atoms with Crippen molar-refractivity contribution in [2.75, 3.05) is 7.11 Å². The van der Waals surface area contributed by atoms with Crippen LogP contribution in [0.15, 0.2) is 59.7 Å². The average Bonchev–Trinajstić information content (AvgIpc) is 3.26. The normalized spacial score (nSPS) is 11.9. The number of aromatic nitrogens is 3. The molecule has 0 saturated carbocycles. The summed E-state index contributed by atoms with van der Waals surface area (Å²) < 4.78 is 5.19. The highest BCUT2D eigenvalue weighted by Crippen LogP contribution is 2.29. The lowest BCUT2D eigenvalue weighted by Gasteiger charge is -2.03. The zero-order valence-electron chi connectivity index (χ0n) is 14.7. The average molecular weight is 355 g/mol. The van der Waals surface area contributed by atoms with Crippen molar-refractivity contribution in [2.45, 2.75) is 0 Å². The van der Waals surface area contributed by atoms with Gasteiger partial charge in [0.15, 0.2) is 0 Å². The monoisotopic (exact) mass is 355 g/mol. The van der Waals surface area contributed by atoms with Gasteiger partial charge in [-0.3, -0.25) is 4.79 Å². The number of hydrogen-bond acceptors (Lipinski definition) is 2. The topological polar surface area (TPSA) is 73.7 Å². The summed E-state index contributed by atoms with van der Waals surface area (Å²) in [6, 6.07) is 14.0. The van der Waals surface area contributed by atoms with Crippen molar-refractivity contribution in [3.05, 3.63) is 76.5 Å². The summed E-state index contributed by atoms with van der Waals surface area (Å²) in [6.07, 6.45) is 7.80. The van der Waals surface area contributed by atoms with Gasteiger partial charge in [0.25, 0.3) is 5.56 Å². The molecule has 3 heterocycles. The van der Waals surface area contributed by atoms with E-state index in [0.29, 0.717) is 0 Å². The fourth-order valence-electron chi connectivity index (χ4n) is 3.52. The van der Waals surface area contributed by atoms with Gasteiger partial charge in [-0.25, -0.2) is 0 Å². The second-order valence-corrected chi connectivity index (χ2v) is 6.52. The van der Waals surface area contributed by atoms with Crippen LogP contribution in [-0.4, -0.2) is 22.1 Å². The third kappa shape index (κ3) is 2.52. The minimum atomic E-state index is -0.0577. The molecule has 2 aromatic carbocycles. The maximum absolute atomic E-state index is 12.1. The third-order valence-corrected chi connectivity index (χ3v) is 4.92. The van der Waals surface area contributed by atoms with E-state index < -0.39 is 0 Å². The predicted octanol–water partition coefficient (Wildman–Crippen LogP) is 4.67. The smallest absolute Gasteiger partial charge is 0.258 e. The molecular formula is C22H17N3O2. The van der Waals surface area contributed by atoms with Gasteiger partial charge in [0.2, 0.25) is 0 Å². The minimum Gasteiger partial charge on any atom is -0.497 e. The van der Waals surface area contributed by atoms with Crippen LogP contribution in [0.5, 0.6) is 5.75 Å². The lowest BCUT2D eigenvalue weighted by Crippen LogP contribution is -1.96. The summed E-state index contributed by atoms with van der Waals surface area (Å²) in [5, 5.41) is 3.83. The predicted molar refractivity (Wildman–Crippen MR) is 110 cm³/mol. The maximum Gasteiger partial charge on any atom is 0.258 e. The molecule has 3 N–H and O–H groups in total. The highest BCUT2D eigenvalue weighted by atomic mass is 16.5. The molecule has 0 unspecified atom stereocenters. The van der Waals surface area contributed by atoms with E-state index in [4.69, 9.17) is 4.74 Å². The number of methoxy groups -OCH3 is 1. The van der Waals surface area contributed by atoms with Gasteiger partial charge in [0, 0.05) is 28.9 Å². The van der Waals surface area contributed by atoms with Crippen LogP contribution >= 0.6 is 0 Å². The minimum absolute atomic E-state index is 0.0577. The first-order valence-electron chi connectivity index (χ1n) is 8.69. The number of ether oxygens (including phenoxy) is 1. The Morgan fingerprint density at radius 2 is 1.78 bits per heavy atom. The van der Waals surface area contributed by atoms with Gasteiger partial charge in [-0.05, 0) is 35.2 Å². The number of fused-ring (bicyclic) bond motifs is 5. The van der Waals surface area contributed by atoms with E-state index in [1.54, 1.807) is 13.3 Å². The standard InChI is InChI=1S/C22H17N3O2/c1-27-16-7-3-13(4-8-16)2-6-15-10-18-14(11-23-15)5-9-17-20-19(25-21(17)18)12-24-22(20)26/h2-12,23,25H,1H3,(H,24,26). The third-order valence-electron chi connectivity index (χ3n) is 4.92. The Labute approximate surface area is 154 Å². The molecule has 132 valence electrons. The molecule has 0 radical (unpaired) electrons. The molecule has 0 amide bonds. The second kappa shape index (κ2) is 5.92. The first-order valence-corrected chi connectivity index (χ1v) is 8.69. The van der Waals surface area contributed by atoms with Gasteiger partial charge in [0.05, 0.1) is 23.5 Å². The second-order valence-electron chi connectivity index (χ2n) is 6.52. The SMILES string of the molecule is COc1ccc(C=Cc2cc3c(ccc4c3[nH]c3c[nH]c(=O)c34)c[nH]2)cc1. The Bertz CT molecular complexity index is 1370. The zero-order chi connectivity index (χ0) is 18.4.